The zero-order valence-corrected chi connectivity index (χ0v) is 15.5. The molecule has 2 aromatic heterocycles. The number of carbonyl (C=O) groups excluding carboxylic acids is 2. The van der Waals surface area contributed by atoms with Gasteiger partial charge in [-0.25, -0.2) is 9.78 Å². The van der Waals surface area contributed by atoms with Gasteiger partial charge in [-0.1, -0.05) is 0 Å². The number of aryl methyl sites for hydroxylation is 2. The molecular weight excluding hydrogens is 352 g/mol. The van der Waals surface area contributed by atoms with E-state index in [2.05, 4.69) is 10.3 Å². The van der Waals surface area contributed by atoms with Crippen LogP contribution in [0.4, 0.5) is 5.69 Å². The van der Waals surface area contributed by atoms with Gasteiger partial charge in [-0.05, 0) is 49.7 Å². The van der Waals surface area contributed by atoms with Crippen molar-refractivity contribution in [2.45, 2.75) is 20.3 Å². The van der Waals surface area contributed by atoms with Gasteiger partial charge in [0, 0.05) is 11.1 Å². The molecule has 134 valence electrons. The molecule has 1 aromatic carbocycles. The Hall–Kier alpha value is -2.93. The molecule has 0 aliphatic heterocycles. The van der Waals surface area contributed by atoms with Crippen molar-refractivity contribution >= 4 is 28.9 Å². The lowest BCUT2D eigenvalue weighted by molar-refractivity contribution is -0.115. The summed E-state index contributed by atoms with van der Waals surface area (Å²) in [5.41, 5.74) is 2.56. The van der Waals surface area contributed by atoms with Crippen molar-refractivity contribution in [2.24, 2.45) is 0 Å². The highest BCUT2D eigenvalue weighted by Gasteiger charge is 2.13. The molecule has 1 N–H and O–H groups in total. The van der Waals surface area contributed by atoms with Gasteiger partial charge in [0.1, 0.15) is 5.76 Å². The van der Waals surface area contributed by atoms with Crippen molar-refractivity contribution in [3.05, 3.63) is 58.3 Å². The summed E-state index contributed by atoms with van der Waals surface area (Å²) in [6.45, 7) is 3.70. The van der Waals surface area contributed by atoms with Gasteiger partial charge in [-0.2, -0.15) is 0 Å². The van der Waals surface area contributed by atoms with Crippen LogP contribution in [0.15, 0.2) is 40.1 Å². The summed E-state index contributed by atoms with van der Waals surface area (Å²) < 4.78 is 10.2. The van der Waals surface area contributed by atoms with E-state index >= 15 is 0 Å². The lowest BCUT2D eigenvalue weighted by atomic mass is 10.1. The smallest absolute Gasteiger partial charge is 0.337 e. The van der Waals surface area contributed by atoms with Crippen LogP contribution in [0.1, 0.15) is 27.4 Å². The zero-order valence-electron chi connectivity index (χ0n) is 14.7. The monoisotopic (exact) mass is 370 g/mol. The fourth-order valence-electron chi connectivity index (χ4n) is 2.46. The molecule has 0 aliphatic rings. The van der Waals surface area contributed by atoms with Gasteiger partial charge in [-0.3, -0.25) is 4.79 Å². The quantitative estimate of drug-likeness (QED) is 0.687. The number of furan rings is 1. The number of hydrogen-bond donors (Lipinski definition) is 1. The van der Waals surface area contributed by atoms with Crippen LogP contribution in [0.25, 0.3) is 10.8 Å². The van der Waals surface area contributed by atoms with Crippen molar-refractivity contribution in [3.63, 3.8) is 0 Å². The highest BCUT2D eigenvalue weighted by molar-refractivity contribution is 7.13. The number of ether oxygens (including phenoxy) is 1. The maximum absolute atomic E-state index is 12.3. The van der Waals surface area contributed by atoms with Gasteiger partial charge in [0.2, 0.25) is 5.91 Å². The van der Waals surface area contributed by atoms with Crippen molar-refractivity contribution in [3.8, 4) is 10.8 Å². The van der Waals surface area contributed by atoms with Crippen LogP contribution in [0.3, 0.4) is 0 Å². The number of nitrogens with zero attached hydrogens (tertiary/aromatic N) is 1. The van der Waals surface area contributed by atoms with Crippen LogP contribution >= 0.6 is 11.3 Å². The number of esters is 1. The summed E-state index contributed by atoms with van der Waals surface area (Å²) >= 11 is 1.44. The third-order valence-corrected chi connectivity index (χ3v) is 4.67. The zero-order chi connectivity index (χ0) is 18.7. The van der Waals surface area contributed by atoms with Gasteiger partial charge in [-0.15, -0.1) is 11.3 Å². The molecule has 0 saturated heterocycles. The van der Waals surface area contributed by atoms with Crippen LogP contribution in [0, 0.1) is 13.8 Å². The number of nitrogens with one attached hydrogen (secondary N) is 1. The summed E-state index contributed by atoms with van der Waals surface area (Å²) in [5, 5.41) is 5.44. The summed E-state index contributed by atoms with van der Waals surface area (Å²) in [7, 11) is 1.33. The molecule has 0 saturated carbocycles. The van der Waals surface area contributed by atoms with E-state index in [1.54, 1.807) is 18.2 Å². The molecule has 2 heterocycles. The van der Waals surface area contributed by atoms with E-state index in [9.17, 15) is 9.59 Å². The molecule has 26 heavy (non-hydrogen) atoms. The normalized spacial score (nSPS) is 10.6. The highest BCUT2D eigenvalue weighted by Crippen LogP contribution is 2.26. The van der Waals surface area contributed by atoms with E-state index in [0.29, 0.717) is 22.7 Å². The molecule has 6 nitrogen and oxygen atoms in total. The first kappa shape index (κ1) is 17.9. The Bertz CT molecular complexity index is 958. The number of thiazole rings is 1. The SMILES string of the molecule is COC(=O)c1ccc(NC(=O)Cc2csc(-c3ccc(C)o3)n2)c(C)c1. The molecule has 0 fully saturated rings. The molecule has 7 heteroatoms. The Labute approximate surface area is 154 Å². The van der Waals surface area contributed by atoms with E-state index in [1.165, 1.54) is 18.4 Å². The van der Waals surface area contributed by atoms with E-state index in [4.69, 9.17) is 9.15 Å². The largest absolute Gasteiger partial charge is 0.465 e. The molecule has 0 radical (unpaired) electrons. The summed E-state index contributed by atoms with van der Waals surface area (Å²) in [4.78, 5) is 28.3. The molecule has 0 atom stereocenters. The molecule has 0 unspecified atom stereocenters. The number of rotatable bonds is 5. The summed E-state index contributed by atoms with van der Waals surface area (Å²) in [5.74, 6) is 0.939. The third-order valence-electron chi connectivity index (χ3n) is 3.77. The molecule has 3 aromatic rings. The predicted octanol–water partition coefficient (Wildman–Crippen LogP) is 3.99. The van der Waals surface area contributed by atoms with Crippen molar-refractivity contribution in [1.82, 2.24) is 4.98 Å². The molecule has 3 rings (SSSR count). The first-order chi connectivity index (χ1) is 12.5. The van der Waals surface area contributed by atoms with Gasteiger partial charge >= 0.3 is 5.97 Å². The second kappa shape index (κ2) is 7.53. The van der Waals surface area contributed by atoms with Gasteiger partial charge in [0.25, 0.3) is 0 Å². The Morgan fingerprint density at radius 1 is 1.23 bits per heavy atom. The molecule has 0 aliphatic carbocycles. The van der Waals surface area contributed by atoms with E-state index < -0.39 is 5.97 Å². The average Bonchev–Trinajstić information content (AvgIpc) is 3.24. The highest BCUT2D eigenvalue weighted by atomic mass is 32.1. The van der Waals surface area contributed by atoms with Crippen molar-refractivity contribution in [1.29, 1.82) is 0 Å². The van der Waals surface area contributed by atoms with Crippen molar-refractivity contribution in [2.75, 3.05) is 12.4 Å². The standard InChI is InChI=1S/C19H18N2O4S/c1-11-8-13(19(23)24-3)5-6-15(11)21-17(22)9-14-10-26-18(20-14)16-7-4-12(2)25-16/h4-8,10H,9H2,1-3H3,(H,21,22). The Kier molecular flexibility index (Phi) is 5.18. The van der Waals surface area contributed by atoms with Gasteiger partial charge in [0.15, 0.2) is 10.8 Å². The number of amides is 1. The number of methoxy groups -OCH3 is 1. The number of anilines is 1. The maximum Gasteiger partial charge on any atom is 0.337 e. The Morgan fingerprint density at radius 3 is 2.69 bits per heavy atom. The number of benzene rings is 1. The van der Waals surface area contributed by atoms with Crippen molar-refractivity contribution < 1.29 is 18.7 Å². The first-order valence-corrected chi connectivity index (χ1v) is 8.84. The first-order valence-electron chi connectivity index (χ1n) is 7.96. The van der Waals surface area contributed by atoms with E-state index in [1.807, 2.05) is 31.4 Å². The van der Waals surface area contributed by atoms with Crippen LogP contribution in [-0.2, 0) is 16.0 Å². The van der Waals surface area contributed by atoms with Crippen LogP contribution in [0.2, 0.25) is 0 Å². The second-order valence-corrected chi connectivity index (χ2v) is 6.66. The lowest BCUT2D eigenvalue weighted by Gasteiger charge is -2.09. The Morgan fingerprint density at radius 2 is 2.04 bits per heavy atom. The third kappa shape index (κ3) is 4.00. The van der Waals surface area contributed by atoms with E-state index in [0.717, 1.165) is 16.3 Å². The summed E-state index contributed by atoms with van der Waals surface area (Å²) in [6.07, 6.45) is 0.161. The Balaban J connectivity index is 1.66. The predicted molar refractivity (Wildman–Crippen MR) is 99.4 cm³/mol. The topological polar surface area (TPSA) is 81.4 Å². The van der Waals surface area contributed by atoms with E-state index in [-0.39, 0.29) is 12.3 Å². The van der Waals surface area contributed by atoms with Crippen LogP contribution in [0.5, 0.6) is 0 Å². The minimum absolute atomic E-state index is 0.161. The van der Waals surface area contributed by atoms with Crippen LogP contribution < -0.4 is 5.32 Å². The maximum atomic E-state index is 12.3. The minimum atomic E-state index is -0.408. The fourth-order valence-corrected chi connectivity index (χ4v) is 3.24. The summed E-state index contributed by atoms with van der Waals surface area (Å²) in [6, 6.07) is 8.74. The second-order valence-electron chi connectivity index (χ2n) is 5.80. The number of aromatic nitrogens is 1. The number of carbonyl (C=O) groups is 2. The molecule has 0 bridgehead atoms. The molecule has 1 amide bonds. The van der Waals surface area contributed by atoms with Gasteiger partial charge < -0.3 is 14.5 Å². The van der Waals surface area contributed by atoms with Gasteiger partial charge in [0.05, 0.1) is 24.8 Å². The molecular formula is C19H18N2O4S. The fraction of sp³-hybridized carbons (Fsp3) is 0.211. The number of hydrogen-bond acceptors (Lipinski definition) is 6. The molecule has 0 spiro atoms. The average molecular weight is 370 g/mol. The minimum Gasteiger partial charge on any atom is -0.465 e. The van der Waals surface area contributed by atoms with Crippen LogP contribution in [-0.4, -0.2) is 24.0 Å². The lowest BCUT2D eigenvalue weighted by Crippen LogP contribution is -2.15.